The average Bonchev–Trinajstić information content (AvgIpc) is 3.38. The first-order valence-corrected chi connectivity index (χ1v) is 11.2. The van der Waals surface area contributed by atoms with E-state index in [0.29, 0.717) is 23.3 Å². The number of carbonyl (C=O) groups is 2. The van der Waals surface area contributed by atoms with Gasteiger partial charge in [0.05, 0.1) is 16.8 Å². The highest BCUT2D eigenvalue weighted by atomic mass is 16.2. The molecular weight excluding hydrogens is 370 g/mol. The number of Topliss-reactive ketones (excluding diaryl/α,β-unsaturated/α-hetero) is 1. The lowest BCUT2D eigenvalue weighted by atomic mass is 10.0. The van der Waals surface area contributed by atoms with Gasteiger partial charge in [0.1, 0.15) is 0 Å². The average molecular weight is 408 g/mol. The van der Waals surface area contributed by atoms with Crippen molar-refractivity contribution >= 4 is 23.0 Å². The number of rotatable bonds is 2. The van der Waals surface area contributed by atoms with Crippen LogP contribution < -0.4 is 5.32 Å². The van der Waals surface area contributed by atoms with Gasteiger partial charge in [-0.2, -0.15) is 0 Å². The fourth-order valence-corrected chi connectivity index (χ4v) is 3.09. The molecule has 1 aliphatic carbocycles. The Morgan fingerprint density at radius 3 is 1.50 bits per heavy atom. The van der Waals surface area contributed by atoms with Crippen molar-refractivity contribution < 1.29 is 9.59 Å². The fourth-order valence-electron chi connectivity index (χ4n) is 3.09. The number of benzene rings is 2. The Kier molecular flexibility index (Phi) is 13.5. The molecule has 0 atom stereocenters. The van der Waals surface area contributed by atoms with Gasteiger partial charge in [-0.15, -0.1) is 0 Å². The number of amides is 1. The van der Waals surface area contributed by atoms with Crippen LogP contribution in [0.25, 0.3) is 11.3 Å². The summed E-state index contributed by atoms with van der Waals surface area (Å²) in [7, 11) is 0. The minimum absolute atomic E-state index is 0.00561. The van der Waals surface area contributed by atoms with E-state index in [4.69, 9.17) is 0 Å². The van der Waals surface area contributed by atoms with Crippen molar-refractivity contribution in [1.82, 2.24) is 5.32 Å². The molecule has 0 aromatic heterocycles. The van der Waals surface area contributed by atoms with Gasteiger partial charge in [-0.05, 0) is 16.7 Å². The van der Waals surface area contributed by atoms with E-state index >= 15 is 0 Å². The normalized spacial score (nSPS) is 13.3. The second-order valence-corrected chi connectivity index (χ2v) is 5.39. The summed E-state index contributed by atoms with van der Waals surface area (Å²) in [6, 6.07) is 19.1. The van der Waals surface area contributed by atoms with Gasteiger partial charge < -0.3 is 5.32 Å². The van der Waals surface area contributed by atoms with Crippen LogP contribution in [0.1, 0.15) is 72.9 Å². The van der Waals surface area contributed by atoms with Crippen molar-refractivity contribution in [2.45, 2.75) is 61.8 Å². The van der Waals surface area contributed by atoms with Gasteiger partial charge in [-0.25, -0.2) is 0 Å². The van der Waals surface area contributed by atoms with E-state index in [9.17, 15) is 9.59 Å². The number of carbonyl (C=O) groups excluding carboxylic acids is 2. The van der Waals surface area contributed by atoms with Crippen molar-refractivity contribution in [1.29, 1.82) is 0 Å². The Bertz CT molecular complexity index is 773. The van der Waals surface area contributed by atoms with Gasteiger partial charge in [-0.3, -0.25) is 9.59 Å². The second kappa shape index (κ2) is 15.0. The zero-order valence-corrected chi connectivity index (χ0v) is 19.8. The van der Waals surface area contributed by atoms with Crippen molar-refractivity contribution in [2.24, 2.45) is 0 Å². The van der Waals surface area contributed by atoms with Crippen LogP contribution in [-0.2, 0) is 9.59 Å². The first-order chi connectivity index (χ1) is 14.8. The van der Waals surface area contributed by atoms with Gasteiger partial charge in [0.25, 0.3) is 5.91 Å². The highest BCUT2D eigenvalue weighted by molar-refractivity contribution is 6.31. The summed E-state index contributed by atoms with van der Waals surface area (Å²) in [4.78, 5) is 24.9. The van der Waals surface area contributed by atoms with E-state index in [1.165, 1.54) is 0 Å². The molecule has 1 amide bonds. The largest absolute Gasteiger partial charge is 0.321 e. The highest BCUT2D eigenvalue weighted by Gasteiger charge is 2.40. The molecule has 0 unspecified atom stereocenters. The van der Waals surface area contributed by atoms with Crippen LogP contribution in [0.15, 0.2) is 71.8 Å². The van der Waals surface area contributed by atoms with E-state index in [1.807, 2.05) is 116 Å². The molecule has 1 heterocycles. The lowest BCUT2D eigenvalue weighted by molar-refractivity contribution is -0.116. The van der Waals surface area contributed by atoms with Crippen molar-refractivity contribution in [3.63, 3.8) is 0 Å². The molecule has 2 aromatic rings. The molecule has 1 aliphatic heterocycles. The summed E-state index contributed by atoms with van der Waals surface area (Å²) in [6.45, 7) is 16.0. The number of hydrogen-bond donors (Lipinski definition) is 1. The molecular formula is C27H37NO2. The first kappa shape index (κ1) is 27.1. The molecule has 0 saturated heterocycles. The molecule has 3 heteroatoms. The van der Waals surface area contributed by atoms with Crippen LogP contribution in [0, 0.1) is 0 Å². The SMILES string of the molecule is CC.CC.CC.CC.O=C1CC(c2ccccc2)=C2C(=O)NC(c3ccccc3)=C12. The molecule has 2 aliphatic rings. The molecule has 0 radical (unpaired) electrons. The Morgan fingerprint density at radius 2 is 1.03 bits per heavy atom. The number of nitrogens with one attached hydrogen (secondary N) is 1. The maximum atomic E-state index is 12.5. The van der Waals surface area contributed by atoms with Gasteiger partial charge in [-0.1, -0.05) is 116 Å². The van der Waals surface area contributed by atoms with Gasteiger partial charge in [0.15, 0.2) is 5.78 Å². The molecule has 4 rings (SSSR count). The van der Waals surface area contributed by atoms with Crippen LogP contribution in [-0.4, -0.2) is 11.7 Å². The summed E-state index contributed by atoms with van der Waals surface area (Å²) in [5, 5.41) is 2.86. The van der Waals surface area contributed by atoms with E-state index in [1.54, 1.807) is 0 Å². The number of ketones is 1. The third kappa shape index (κ3) is 6.03. The minimum Gasteiger partial charge on any atom is -0.321 e. The van der Waals surface area contributed by atoms with Crippen LogP contribution in [0.5, 0.6) is 0 Å². The van der Waals surface area contributed by atoms with E-state index < -0.39 is 0 Å². The third-order valence-corrected chi connectivity index (χ3v) is 4.07. The zero-order chi connectivity index (χ0) is 23.1. The van der Waals surface area contributed by atoms with Crippen LogP contribution >= 0.6 is 0 Å². The smallest absolute Gasteiger partial charge is 0.256 e. The van der Waals surface area contributed by atoms with E-state index in [2.05, 4.69) is 5.32 Å². The van der Waals surface area contributed by atoms with Crippen molar-refractivity contribution in [3.8, 4) is 0 Å². The molecule has 0 spiro atoms. The van der Waals surface area contributed by atoms with Gasteiger partial charge >= 0.3 is 0 Å². The number of allylic oxidation sites excluding steroid dienone is 1. The maximum absolute atomic E-state index is 12.5. The standard InChI is InChI=1S/C19H13NO2.4C2H6/c21-15-11-14(12-7-3-1-4-8-12)16-17(15)18(20-19(16)22)13-9-5-2-6-10-13;4*1-2/h1-10H,11H2,(H,20,22);4*1-2H3. The summed E-state index contributed by atoms with van der Waals surface area (Å²) in [6.07, 6.45) is 0.290. The molecule has 0 saturated carbocycles. The Morgan fingerprint density at radius 1 is 0.600 bits per heavy atom. The lowest BCUT2D eigenvalue weighted by Crippen LogP contribution is -2.16. The maximum Gasteiger partial charge on any atom is 0.256 e. The second-order valence-electron chi connectivity index (χ2n) is 5.39. The quantitative estimate of drug-likeness (QED) is 0.579. The first-order valence-electron chi connectivity index (χ1n) is 11.2. The number of fused-ring (bicyclic) bond motifs is 1. The summed E-state index contributed by atoms with van der Waals surface area (Å²) < 4.78 is 0. The molecule has 30 heavy (non-hydrogen) atoms. The van der Waals surface area contributed by atoms with Gasteiger partial charge in [0, 0.05) is 6.42 Å². The number of hydrogen-bond acceptors (Lipinski definition) is 2. The zero-order valence-electron chi connectivity index (χ0n) is 19.8. The van der Waals surface area contributed by atoms with Crippen LogP contribution in [0.4, 0.5) is 0 Å². The predicted molar refractivity (Wildman–Crippen MR) is 130 cm³/mol. The molecule has 3 nitrogen and oxygen atoms in total. The molecule has 1 N–H and O–H groups in total. The lowest BCUT2D eigenvalue weighted by Gasteiger charge is -2.05. The molecule has 0 bridgehead atoms. The van der Waals surface area contributed by atoms with Crippen LogP contribution in [0.2, 0.25) is 0 Å². The van der Waals surface area contributed by atoms with Crippen molar-refractivity contribution in [2.75, 3.05) is 0 Å². The third-order valence-electron chi connectivity index (χ3n) is 4.07. The summed E-state index contributed by atoms with van der Waals surface area (Å²) in [5.74, 6) is -0.176. The highest BCUT2D eigenvalue weighted by Crippen LogP contribution is 2.41. The van der Waals surface area contributed by atoms with Crippen LogP contribution in [0.3, 0.4) is 0 Å². The molecule has 0 fully saturated rings. The topological polar surface area (TPSA) is 46.2 Å². The molecule has 2 aromatic carbocycles. The Balaban J connectivity index is 0.000000948. The van der Waals surface area contributed by atoms with Crippen molar-refractivity contribution in [3.05, 3.63) is 82.9 Å². The van der Waals surface area contributed by atoms with E-state index in [0.717, 1.165) is 16.7 Å². The van der Waals surface area contributed by atoms with Gasteiger partial charge in [0.2, 0.25) is 0 Å². The minimum atomic E-state index is -0.182. The Labute approximate surface area is 182 Å². The predicted octanol–water partition coefficient (Wildman–Crippen LogP) is 7.06. The summed E-state index contributed by atoms with van der Waals surface area (Å²) in [5.41, 5.74) is 4.33. The molecule has 162 valence electrons. The van der Waals surface area contributed by atoms with E-state index in [-0.39, 0.29) is 11.7 Å². The fraction of sp³-hybridized carbons (Fsp3) is 0.333. The summed E-state index contributed by atoms with van der Waals surface area (Å²) >= 11 is 0. The monoisotopic (exact) mass is 407 g/mol. The Hall–Kier alpha value is -2.94.